The van der Waals surface area contributed by atoms with E-state index in [4.69, 9.17) is 19.0 Å². The van der Waals surface area contributed by atoms with E-state index in [0.717, 1.165) is 22.4 Å². The Hall–Kier alpha value is -3.98. The Morgan fingerprint density at radius 2 is 1.88 bits per heavy atom. The van der Waals surface area contributed by atoms with E-state index >= 15 is 0 Å². The van der Waals surface area contributed by atoms with E-state index in [0.29, 0.717) is 27.3 Å². The first-order chi connectivity index (χ1) is 16.3. The van der Waals surface area contributed by atoms with Crippen LogP contribution in [0.4, 0.5) is 5.69 Å². The van der Waals surface area contributed by atoms with E-state index in [1.165, 1.54) is 24.9 Å². The second-order valence-electron chi connectivity index (χ2n) is 7.60. The number of carbonyl (C=O) groups excluding carboxylic acids is 1. The number of furan rings is 1. The molecule has 0 aliphatic carbocycles. The first-order valence-corrected chi connectivity index (χ1v) is 11.1. The molecule has 2 aromatic carbocycles. The Morgan fingerprint density at radius 3 is 2.56 bits per heavy atom. The van der Waals surface area contributed by atoms with Crippen molar-refractivity contribution in [3.05, 3.63) is 81.6 Å². The van der Waals surface area contributed by atoms with Gasteiger partial charge in [-0.2, -0.15) is 0 Å². The second-order valence-corrected chi connectivity index (χ2v) is 8.63. The van der Waals surface area contributed by atoms with E-state index in [-0.39, 0.29) is 18.3 Å². The van der Waals surface area contributed by atoms with Crippen molar-refractivity contribution in [3.8, 4) is 11.5 Å². The molecule has 2 N–H and O–H groups in total. The van der Waals surface area contributed by atoms with E-state index in [9.17, 15) is 9.59 Å². The maximum Gasteiger partial charge on any atom is 0.371 e. The van der Waals surface area contributed by atoms with Gasteiger partial charge in [-0.3, -0.25) is 4.79 Å². The number of hydrogen-bond acceptors (Lipinski definition) is 7. The van der Waals surface area contributed by atoms with Gasteiger partial charge in [0.1, 0.15) is 12.4 Å². The van der Waals surface area contributed by atoms with Crippen LogP contribution >= 0.6 is 11.8 Å². The zero-order valence-electron chi connectivity index (χ0n) is 18.7. The number of carbonyl (C=O) groups is 2. The summed E-state index contributed by atoms with van der Waals surface area (Å²) in [5, 5.41) is 12.3. The lowest BCUT2D eigenvalue weighted by Crippen LogP contribution is -2.19. The molecule has 1 aromatic heterocycles. The molecular formula is C25H22N2O6S. The molecule has 1 aliphatic heterocycles. The summed E-state index contributed by atoms with van der Waals surface area (Å²) in [6.45, 7) is 4.05. The highest BCUT2D eigenvalue weighted by molar-refractivity contribution is 8.18. The van der Waals surface area contributed by atoms with Crippen LogP contribution in [0, 0.1) is 13.8 Å². The first kappa shape index (κ1) is 23.2. The van der Waals surface area contributed by atoms with Gasteiger partial charge in [0.2, 0.25) is 5.76 Å². The van der Waals surface area contributed by atoms with Crippen molar-refractivity contribution >= 4 is 40.6 Å². The predicted octanol–water partition coefficient (Wildman–Crippen LogP) is 5.07. The third-order valence-corrected chi connectivity index (χ3v) is 5.73. The van der Waals surface area contributed by atoms with Gasteiger partial charge in [0.15, 0.2) is 16.7 Å². The summed E-state index contributed by atoms with van der Waals surface area (Å²) in [7, 11) is 1.51. The molecule has 0 saturated carbocycles. The number of benzene rings is 2. The summed E-state index contributed by atoms with van der Waals surface area (Å²) in [4.78, 5) is 28.4. The topological polar surface area (TPSA) is 110 Å². The fraction of sp³-hybridized carbons (Fsp3) is 0.160. The summed E-state index contributed by atoms with van der Waals surface area (Å²) in [6.07, 6.45) is 1.75. The maximum absolute atomic E-state index is 12.5. The molecule has 0 atom stereocenters. The standard InChI is InChI=1S/C25H22N2O6S/c1-14-8-15(2)10-17(9-14)26-25-27-23(28)22(34-25)12-16-4-6-19(21(11-16)31-3)32-13-18-5-7-20(33-18)24(29)30/h4-12H,13H2,1-3H3,(H,29,30)(H,26,27,28)/b22-12-. The molecule has 0 unspecified atom stereocenters. The molecule has 1 amide bonds. The van der Waals surface area contributed by atoms with Crippen LogP contribution in [0.15, 0.2) is 62.8 Å². The van der Waals surface area contributed by atoms with E-state index < -0.39 is 5.97 Å². The fourth-order valence-corrected chi connectivity index (χ4v) is 4.22. The molecule has 0 radical (unpaired) electrons. The summed E-state index contributed by atoms with van der Waals surface area (Å²) in [5.41, 5.74) is 3.75. The minimum absolute atomic E-state index is 0.0423. The molecule has 1 aliphatic rings. The van der Waals surface area contributed by atoms with Crippen molar-refractivity contribution in [2.45, 2.75) is 20.5 Å². The van der Waals surface area contributed by atoms with Crippen LogP contribution in [-0.4, -0.2) is 29.3 Å². The number of carboxylic acid groups (broad SMARTS) is 1. The lowest BCUT2D eigenvalue weighted by Gasteiger charge is -2.10. The lowest BCUT2D eigenvalue weighted by molar-refractivity contribution is -0.115. The molecule has 4 rings (SSSR count). The van der Waals surface area contributed by atoms with Crippen LogP contribution in [0.5, 0.6) is 11.5 Å². The molecular weight excluding hydrogens is 456 g/mol. The van der Waals surface area contributed by atoms with Gasteiger partial charge in [-0.1, -0.05) is 12.1 Å². The highest BCUT2D eigenvalue weighted by Gasteiger charge is 2.24. The van der Waals surface area contributed by atoms with Crippen molar-refractivity contribution in [2.24, 2.45) is 4.99 Å². The largest absolute Gasteiger partial charge is 0.493 e. The van der Waals surface area contributed by atoms with Crippen molar-refractivity contribution in [1.82, 2.24) is 5.32 Å². The van der Waals surface area contributed by atoms with Crippen LogP contribution in [0.25, 0.3) is 6.08 Å². The van der Waals surface area contributed by atoms with Gasteiger partial charge in [-0.25, -0.2) is 9.79 Å². The number of nitrogens with zero attached hydrogens (tertiary/aromatic N) is 1. The van der Waals surface area contributed by atoms with Gasteiger partial charge >= 0.3 is 5.97 Å². The number of thioether (sulfide) groups is 1. The molecule has 1 fully saturated rings. The third kappa shape index (κ3) is 5.49. The number of nitrogens with one attached hydrogen (secondary N) is 1. The quantitative estimate of drug-likeness (QED) is 0.456. The minimum Gasteiger partial charge on any atom is -0.493 e. The van der Waals surface area contributed by atoms with Crippen molar-refractivity contribution in [1.29, 1.82) is 0 Å². The number of aromatic carboxylic acids is 1. The summed E-state index contributed by atoms with van der Waals surface area (Å²) in [5.74, 6) is -0.220. The number of hydrogen-bond donors (Lipinski definition) is 2. The fourth-order valence-electron chi connectivity index (χ4n) is 3.38. The molecule has 9 heteroatoms. The van der Waals surface area contributed by atoms with Gasteiger partial charge in [-0.15, -0.1) is 0 Å². The Morgan fingerprint density at radius 1 is 1.12 bits per heavy atom. The third-order valence-electron chi connectivity index (χ3n) is 4.82. The van der Waals surface area contributed by atoms with Crippen LogP contribution in [0.1, 0.15) is 33.0 Å². The van der Waals surface area contributed by atoms with Crippen molar-refractivity contribution in [3.63, 3.8) is 0 Å². The van der Waals surface area contributed by atoms with E-state index in [1.54, 1.807) is 30.3 Å². The second kappa shape index (κ2) is 9.88. The zero-order valence-corrected chi connectivity index (χ0v) is 19.6. The Balaban J connectivity index is 1.48. The Labute approximate surface area is 200 Å². The summed E-state index contributed by atoms with van der Waals surface area (Å²) in [6, 6.07) is 14.2. The molecule has 0 bridgehead atoms. The number of amidine groups is 1. The molecule has 0 spiro atoms. The first-order valence-electron chi connectivity index (χ1n) is 10.3. The predicted molar refractivity (Wildman–Crippen MR) is 130 cm³/mol. The van der Waals surface area contributed by atoms with Crippen LogP contribution in [0.2, 0.25) is 0 Å². The highest BCUT2D eigenvalue weighted by atomic mass is 32.2. The SMILES string of the molecule is COc1cc(/C=C2\SC(=Nc3cc(C)cc(C)c3)NC2=O)ccc1OCc1ccc(C(=O)O)o1. The number of amides is 1. The molecule has 8 nitrogen and oxygen atoms in total. The smallest absolute Gasteiger partial charge is 0.371 e. The lowest BCUT2D eigenvalue weighted by atomic mass is 10.1. The summed E-state index contributed by atoms with van der Waals surface area (Å²) < 4.78 is 16.3. The van der Waals surface area contributed by atoms with Gasteiger partial charge in [0.05, 0.1) is 17.7 Å². The van der Waals surface area contributed by atoms with E-state index in [2.05, 4.69) is 16.4 Å². The molecule has 2 heterocycles. The number of aryl methyl sites for hydroxylation is 2. The van der Waals surface area contributed by atoms with E-state index in [1.807, 2.05) is 26.0 Å². The Bertz CT molecular complexity index is 1300. The monoisotopic (exact) mass is 478 g/mol. The maximum atomic E-state index is 12.5. The Kier molecular flexibility index (Phi) is 6.74. The molecule has 174 valence electrons. The summed E-state index contributed by atoms with van der Waals surface area (Å²) >= 11 is 1.27. The number of ether oxygens (including phenoxy) is 2. The number of methoxy groups -OCH3 is 1. The number of rotatable bonds is 7. The number of aliphatic imine (C=N–C) groups is 1. The van der Waals surface area contributed by atoms with Crippen molar-refractivity contribution in [2.75, 3.05) is 7.11 Å². The van der Waals surface area contributed by atoms with Gasteiger partial charge in [0, 0.05) is 0 Å². The van der Waals surface area contributed by atoms with Crippen molar-refractivity contribution < 1.29 is 28.6 Å². The average Bonchev–Trinajstić information content (AvgIpc) is 3.39. The average molecular weight is 479 g/mol. The highest BCUT2D eigenvalue weighted by Crippen LogP contribution is 2.33. The van der Waals surface area contributed by atoms with Gasteiger partial charge in [0.25, 0.3) is 5.91 Å². The van der Waals surface area contributed by atoms with Gasteiger partial charge in [-0.05, 0) is 84.8 Å². The van der Waals surface area contributed by atoms with Crippen LogP contribution in [0.3, 0.4) is 0 Å². The molecule has 3 aromatic rings. The normalized spacial score (nSPS) is 15.6. The molecule has 1 saturated heterocycles. The molecule has 34 heavy (non-hydrogen) atoms. The minimum atomic E-state index is -1.14. The number of carboxylic acids is 1. The van der Waals surface area contributed by atoms with Crippen LogP contribution in [-0.2, 0) is 11.4 Å². The van der Waals surface area contributed by atoms with Crippen LogP contribution < -0.4 is 14.8 Å². The zero-order chi connectivity index (χ0) is 24.2. The van der Waals surface area contributed by atoms with Gasteiger partial charge < -0.3 is 24.3 Å².